The molecule has 0 atom stereocenters. The van der Waals surface area contributed by atoms with E-state index in [0.29, 0.717) is 0 Å². The van der Waals surface area contributed by atoms with Crippen LogP contribution in [0.15, 0.2) is 60.2 Å². The van der Waals surface area contributed by atoms with E-state index >= 15 is 0 Å². The summed E-state index contributed by atoms with van der Waals surface area (Å²) >= 11 is 0. The third kappa shape index (κ3) is 2.81. The van der Waals surface area contributed by atoms with Crippen molar-refractivity contribution in [3.05, 3.63) is 60.2 Å². The Hall–Kier alpha value is -1.83. The highest BCUT2D eigenvalue weighted by Gasteiger charge is 1.99. The summed E-state index contributed by atoms with van der Waals surface area (Å²) < 4.78 is 5.70. The average molecular weight is 199 g/mol. The fourth-order valence-electron chi connectivity index (χ4n) is 1.38. The monoisotopic (exact) mass is 199 g/mol. The molecule has 0 amide bonds. The van der Waals surface area contributed by atoms with Gasteiger partial charge >= 0.3 is 0 Å². The van der Waals surface area contributed by atoms with Crippen molar-refractivity contribution in [2.75, 3.05) is 0 Å². The van der Waals surface area contributed by atoms with Gasteiger partial charge in [0.2, 0.25) is 0 Å². The van der Waals surface area contributed by atoms with Crippen LogP contribution in [0.4, 0.5) is 0 Å². The van der Waals surface area contributed by atoms with E-state index < -0.39 is 0 Å². The van der Waals surface area contributed by atoms with Crippen LogP contribution in [0.3, 0.4) is 0 Å². The summed E-state index contributed by atoms with van der Waals surface area (Å²) in [6.07, 6.45) is 12.7. The summed E-state index contributed by atoms with van der Waals surface area (Å²) in [5, 5.41) is 0. The van der Waals surface area contributed by atoms with Gasteiger partial charge in [-0.2, -0.15) is 0 Å². The molecular formula is C13H13NO. The van der Waals surface area contributed by atoms with Crippen molar-refractivity contribution < 1.29 is 4.74 Å². The fourth-order valence-corrected chi connectivity index (χ4v) is 1.38. The standard InChI is InChI=1S/C13H13NO/c1-11-4-2-3-5-13(10-11)15-12-6-8-14-9-7-12/h3-10H,2H2,1H3. The minimum atomic E-state index is 0.815. The molecule has 1 aliphatic rings. The third-order valence-electron chi connectivity index (χ3n) is 2.11. The Balaban J connectivity index is 2.15. The molecular weight excluding hydrogens is 186 g/mol. The number of nitrogens with zero attached hydrogens (tertiary/aromatic N) is 1. The van der Waals surface area contributed by atoms with Crippen molar-refractivity contribution in [2.45, 2.75) is 13.3 Å². The van der Waals surface area contributed by atoms with E-state index in [2.05, 4.69) is 24.1 Å². The maximum Gasteiger partial charge on any atom is 0.130 e. The molecule has 0 bridgehead atoms. The van der Waals surface area contributed by atoms with Crippen LogP contribution in [0, 0.1) is 0 Å². The van der Waals surface area contributed by atoms with Crippen LogP contribution < -0.4 is 4.74 Å². The van der Waals surface area contributed by atoms with Crippen LogP contribution in [0.25, 0.3) is 0 Å². The first-order valence-electron chi connectivity index (χ1n) is 4.97. The summed E-state index contributed by atoms with van der Waals surface area (Å²) in [7, 11) is 0. The molecule has 2 rings (SSSR count). The van der Waals surface area contributed by atoms with E-state index in [1.54, 1.807) is 12.4 Å². The van der Waals surface area contributed by atoms with Crippen LogP contribution in [-0.4, -0.2) is 4.98 Å². The van der Waals surface area contributed by atoms with E-state index in [9.17, 15) is 0 Å². The van der Waals surface area contributed by atoms with Crippen molar-refractivity contribution >= 4 is 0 Å². The van der Waals surface area contributed by atoms with Crippen molar-refractivity contribution in [3.8, 4) is 5.75 Å². The Kier molecular flexibility index (Phi) is 2.98. The van der Waals surface area contributed by atoms with Crippen LogP contribution in [0.1, 0.15) is 13.3 Å². The molecule has 15 heavy (non-hydrogen) atoms. The molecule has 1 aromatic heterocycles. The molecule has 2 nitrogen and oxygen atoms in total. The number of ether oxygens (including phenoxy) is 1. The molecule has 0 radical (unpaired) electrons. The lowest BCUT2D eigenvalue weighted by atomic mass is 10.2. The van der Waals surface area contributed by atoms with Crippen molar-refractivity contribution in [2.24, 2.45) is 0 Å². The molecule has 0 fully saturated rings. The van der Waals surface area contributed by atoms with Gasteiger partial charge in [0.25, 0.3) is 0 Å². The fraction of sp³-hybridized carbons (Fsp3) is 0.154. The molecule has 0 spiro atoms. The second-order valence-corrected chi connectivity index (χ2v) is 3.42. The molecule has 1 heterocycles. The summed E-state index contributed by atoms with van der Waals surface area (Å²) in [6, 6.07) is 3.69. The topological polar surface area (TPSA) is 22.1 Å². The van der Waals surface area contributed by atoms with Gasteiger partial charge in [-0.3, -0.25) is 4.98 Å². The lowest BCUT2D eigenvalue weighted by molar-refractivity contribution is 0.443. The largest absolute Gasteiger partial charge is 0.457 e. The molecule has 0 unspecified atom stereocenters. The van der Waals surface area contributed by atoms with E-state index in [0.717, 1.165) is 17.9 Å². The number of hydrogen-bond acceptors (Lipinski definition) is 2. The SMILES string of the molecule is CC1=CCC=CC(Oc2ccncc2)=C1. The number of pyridine rings is 1. The van der Waals surface area contributed by atoms with Gasteiger partial charge in [-0.15, -0.1) is 0 Å². The first kappa shape index (κ1) is 9.71. The Morgan fingerprint density at radius 1 is 1.27 bits per heavy atom. The first-order chi connectivity index (χ1) is 7.34. The number of hydrogen-bond donors (Lipinski definition) is 0. The van der Waals surface area contributed by atoms with Gasteiger partial charge in [-0.05, 0) is 37.6 Å². The summed E-state index contributed by atoms with van der Waals surface area (Å²) in [4.78, 5) is 3.94. The van der Waals surface area contributed by atoms with E-state index in [1.165, 1.54) is 5.57 Å². The highest BCUT2D eigenvalue weighted by Crippen LogP contribution is 2.16. The minimum absolute atomic E-state index is 0.815. The lowest BCUT2D eigenvalue weighted by Crippen LogP contribution is -1.92. The number of rotatable bonds is 2. The predicted molar refractivity (Wildman–Crippen MR) is 60.5 cm³/mol. The van der Waals surface area contributed by atoms with E-state index in [-0.39, 0.29) is 0 Å². The summed E-state index contributed by atoms with van der Waals surface area (Å²) in [5.74, 6) is 1.68. The van der Waals surface area contributed by atoms with Crippen molar-refractivity contribution in [1.82, 2.24) is 4.98 Å². The van der Waals surface area contributed by atoms with Crippen molar-refractivity contribution in [3.63, 3.8) is 0 Å². The molecule has 76 valence electrons. The van der Waals surface area contributed by atoms with Gasteiger partial charge in [0.1, 0.15) is 11.5 Å². The molecule has 0 aromatic carbocycles. The normalized spacial score (nSPS) is 15.3. The van der Waals surface area contributed by atoms with Gasteiger partial charge < -0.3 is 4.74 Å². The van der Waals surface area contributed by atoms with Crippen molar-refractivity contribution in [1.29, 1.82) is 0 Å². The van der Waals surface area contributed by atoms with Crippen LogP contribution in [0.2, 0.25) is 0 Å². The Morgan fingerprint density at radius 2 is 2.07 bits per heavy atom. The Labute approximate surface area is 89.6 Å². The Morgan fingerprint density at radius 3 is 2.87 bits per heavy atom. The van der Waals surface area contributed by atoms with Crippen LogP contribution in [-0.2, 0) is 0 Å². The van der Waals surface area contributed by atoms with Gasteiger partial charge in [-0.25, -0.2) is 0 Å². The zero-order valence-corrected chi connectivity index (χ0v) is 8.68. The second-order valence-electron chi connectivity index (χ2n) is 3.42. The first-order valence-corrected chi connectivity index (χ1v) is 4.97. The predicted octanol–water partition coefficient (Wildman–Crippen LogP) is 3.25. The summed E-state index contributed by atoms with van der Waals surface area (Å²) in [5.41, 5.74) is 1.23. The zero-order valence-electron chi connectivity index (χ0n) is 8.68. The molecule has 0 saturated heterocycles. The maximum atomic E-state index is 5.70. The maximum absolute atomic E-state index is 5.70. The lowest BCUT2D eigenvalue weighted by Gasteiger charge is -2.05. The average Bonchev–Trinajstić information content (AvgIpc) is 2.44. The summed E-state index contributed by atoms with van der Waals surface area (Å²) in [6.45, 7) is 2.07. The molecule has 1 aromatic rings. The smallest absolute Gasteiger partial charge is 0.130 e. The van der Waals surface area contributed by atoms with Crippen LogP contribution in [0.5, 0.6) is 5.75 Å². The van der Waals surface area contributed by atoms with E-state index in [4.69, 9.17) is 4.74 Å². The van der Waals surface area contributed by atoms with Gasteiger partial charge in [0.05, 0.1) is 0 Å². The quantitative estimate of drug-likeness (QED) is 0.729. The van der Waals surface area contributed by atoms with Gasteiger partial charge in [0, 0.05) is 12.4 Å². The second kappa shape index (κ2) is 4.60. The zero-order chi connectivity index (χ0) is 10.5. The molecule has 2 heteroatoms. The molecule has 1 aliphatic carbocycles. The van der Waals surface area contributed by atoms with Gasteiger partial charge in [-0.1, -0.05) is 17.7 Å². The highest BCUT2D eigenvalue weighted by molar-refractivity contribution is 5.32. The molecule has 0 N–H and O–H groups in total. The molecule has 0 saturated carbocycles. The van der Waals surface area contributed by atoms with Gasteiger partial charge in [0.15, 0.2) is 0 Å². The molecule has 0 aliphatic heterocycles. The minimum Gasteiger partial charge on any atom is -0.457 e. The highest BCUT2D eigenvalue weighted by atomic mass is 16.5. The van der Waals surface area contributed by atoms with Crippen LogP contribution >= 0.6 is 0 Å². The van der Waals surface area contributed by atoms with E-state index in [1.807, 2.05) is 24.3 Å². The number of aromatic nitrogens is 1. The Bertz CT molecular complexity index is 415. The third-order valence-corrected chi connectivity index (χ3v) is 2.11. The number of allylic oxidation sites excluding steroid dienone is 5.